The number of rotatable bonds is 8. The molecule has 0 fully saturated rings. The summed E-state index contributed by atoms with van der Waals surface area (Å²) in [6.07, 6.45) is -0.762. The molecule has 0 amide bonds. The molecular weight excluding hydrogens is 358 g/mol. The Balaban J connectivity index is 2.18. The van der Waals surface area contributed by atoms with Crippen LogP contribution in [0.5, 0.6) is 5.75 Å². The van der Waals surface area contributed by atoms with Gasteiger partial charge in [-0.15, -0.1) is 11.6 Å². The summed E-state index contributed by atoms with van der Waals surface area (Å²) in [5.74, 6) is 0.277. The molecule has 2 N–H and O–H groups in total. The molecule has 0 saturated carbocycles. The van der Waals surface area contributed by atoms with E-state index < -0.39 is 11.0 Å². The number of nitro benzene ring substituents is 1. The normalized spacial score (nSPS) is 12.5. The molecule has 1 atom stereocenters. The Morgan fingerprint density at radius 2 is 2.04 bits per heavy atom. The number of aryl methyl sites for hydroxylation is 1. The first-order valence-electron chi connectivity index (χ1n) is 7.95. The Morgan fingerprint density at radius 3 is 2.65 bits per heavy atom. The van der Waals surface area contributed by atoms with Crippen LogP contribution in [0.2, 0.25) is 0 Å². The van der Waals surface area contributed by atoms with E-state index in [1.165, 1.54) is 12.1 Å². The predicted molar refractivity (Wildman–Crippen MR) is 102 cm³/mol. The maximum atomic E-state index is 11.1. The van der Waals surface area contributed by atoms with E-state index in [4.69, 9.17) is 16.4 Å². The lowest BCUT2D eigenvalue weighted by Crippen LogP contribution is -2.20. The second-order valence-corrected chi connectivity index (χ2v) is 6.10. The number of hydrogen-bond donors (Lipinski definition) is 2. The molecule has 26 heavy (non-hydrogen) atoms. The average molecular weight is 378 g/mol. The maximum absolute atomic E-state index is 11.1. The number of nitrogens with zero attached hydrogens (tertiary/aromatic N) is 2. The van der Waals surface area contributed by atoms with Crippen LogP contribution in [0.1, 0.15) is 18.1 Å². The zero-order valence-electron chi connectivity index (χ0n) is 14.5. The van der Waals surface area contributed by atoms with E-state index >= 15 is 0 Å². The number of anilines is 1. The molecular formula is C18H20ClN3O4. The molecule has 8 heteroatoms. The highest BCUT2D eigenvalue weighted by Gasteiger charge is 2.12. The van der Waals surface area contributed by atoms with Crippen molar-refractivity contribution in [1.29, 1.82) is 0 Å². The van der Waals surface area contributed by atoms with Gasteiger partial charge in [-0.05, 0) is 19.4 Å². The number of benzene rings is 2. The lowest BCUT2D eigenvalue weighted by atomic mass is 10.1. The minimum absolute atomic E-state index is 0.0608. The molecule has 0 radical (unpaired) electrons. The van der Waals surface area contributed by atoms with Crippen LogP contribution in [0.15, 0.2) is 47.6 Å². The summed E-state index contributed by atoms with van der Waals surface area (Å²) in [5.41, 5.74) is 2.96. The molecule has 0 aromatic heterocycles. The molecule has 2 aromatic rings. The van der Waals surface area contributed by atoms with Gasteiger partial charge in [0.1, 0.15) is 0 Å². The standard InChI is InChI=1S/C18H20ClN3O4/c1-12-3-5-14(6-4-12)13(2)21-26-18-8-15(20-11-17(23)10-19)7-16(9-18)22(24)25/h3-9,17,20,23H,10-11H2,1-2H3. The van der Waals surface area contributed by atoms with Crippen molar-refractivity contribution >= 4 is 28.7 Å². The number of hydrogen-bond acceptors (Lipinski definition) is 6. The Bertz CT molecular complexity index is 794. The number of alkyl halides is 1. The third-order valence-corrected chi connectivity index (χ3v) is 3.94. The van der Waals surface area contributed by atoms with Gasteiger partial charge in [0.15, 0.2) is 5.75 Å². The first-order chi connectivity index (χ1) is 12.4. The van der Waals surface area contributed by atoms with Gasteiger partial charge in [-0.1, -0.05) is 35.0 Å². The quantitative estimate of drug-likeness (QED) is 0.316. The van der Waals surface area contributed by atoms with Gasteiger partial charge in [0.05, 0.1) is 28.7 Å². The summed E-state index contributed by atoms with van der Waals surface area (Å²) in [7, 11) is 0. The van der Waals surface area contributed by atoms with Crippen LogP contribution in [-0.2, 0) is 0 Å². The third kappa shape index (κ3) is 5.72. The predicted octanol–water partition coefficient (Wildman–Crippen LogP) is 3.72. The van der Waals surface area contributed by atoms with Gasteiger partial charge >= 0.3 is 0 Å². The number of non-ortho nitro benzene ring substituents is 1. The average Bonchev–Trinajstić information content (AvgIpc) is 2.64. The molecule has 0 aliphatic rings. The maximum Gasteiger partial charge on any atom is 0.275 e. The summed E-state index contributed by atoms with van der Waals surface area (Å²) < 4.78 is 0. The number of aliphatic hydroxyl groups excluding tert-OH is 1. The number of aliphatic hydroxyl groups is 1. The highest BCUT2D eigenvalue weighted by Crippen LogP contribution is 2.26. The van der Waals surface area contributed by atoms with Crippen molar-refractivity contribution in [2.75, 3.05) is 17.7 Å². The number of nitrogens with one attached hydrogen (secondary N) is 1. The monoisotopic (exact) mass is 377 g/mol. The Morgan fingerprint density at radius 1 is 1.35 bits per heavy atom. The van der Waals surface area contributed by atoms with Gasteiger partial charge in [0.25, 0.3) is 5.69 Å². The molecule has 0 aliphatic carbocycles. The molecule has 0 heterocycles. The number of nitro groups is 1. The Kier molecular flexibility index (Phi) is 6.94. The van der Waals surface area contributed by atoms with Crippen LogP contribution in [0.4, 0.5) is 11.4 Å². The minimum Gasteiger partial charge on any atom is -0.390 e. The van der Waals surface area contributed by atoms with Crippen LogP contribution >= 0.6 is 11.6 Å². The largest absolute Gasteiger partial charge is 0.390 e. The van der Waals surface area contributed by atoms with E-state index in [9.17, 15) is 15.2 Å². The Hall–Kier alpha value is -2.64. The molecule has 0 saturated heterocycles. The van der Waals surface area contributed by atoms with Crippen LogP contribution in [0, 0.1) is 17.0 Å². The highest BCUT2D eigenvalue weighted by atomic mass is 35.5. The van der Waals surface area contributed by atoms with Crippen molar-refractivity contribution in [1.82, 2.24) is 0 Å². The zero-order valence-corrected chi connectivity index (χ0v) is 15.2. The molecule has 0 spiro atoms. The first-order valence-corrected chi connectivity index (χ1v) is 8.48. The van der Waals surface area contributed by atoms with Gasteiger partial charge in [0, 0.05) is 24.4 Å². The van der Waals surface area contributed by atoms with Crippen LogP contribution in [0.25, 0.3) is 0 Å². The lowest BCUT2D eigenvalue weighted by Gasteiger charge is -2.11. The van der Waals surface area contributed by atoms with Crippen LogP contribution < -0.4 is 10.2 Å². The van der Waals surface area contributed by atoms with Gasteiger partial charge in [-0.2, -0.15) is 0 Å². The highest BCUT2D eigenvalue weighted by molar-refractivity contribution is 6.18. The summed E-state index contributed by atoms with van der Waals surface area (Å²) >= 11 is 5.54. The number of oxime groups is 1. The van der Waals surface area contributed by atoms with E-state index in [0.717, 1.165) is 11.1 Å². The van der Waals surface area contributed by atoms with Crippen LogP contribution in [-0.4, -0.2) is 34.3 Å². The van der Waals surface area contributed by atoms with Gasteiger partial charge in [-0.25, -0.2) is 0 Å². The number of halogens is 1. The molecule has 2 rings (SSSR count). The van der Waals surface area contributed by atoms with Crippen molar-refractivity contribution in [3.05, 3.63) is 63.7 Å². The molecule has 7 nitrogen and oxygen atoms in total. The minimum atomic E-state index is -0.762. The molecule has 1 unspecified atom stereocenters. The fourth-order valence-electron chi connectivity index (χ4n) is 2.10. The second kappa shape index (κ2) is 9.17. The zero-order chi connectivity index (χ0) is 19.1. The fourth-order valence-corrected chi connectivity index (χ4v) is 2.21. The van der Waals surface area contributed by atoms with E-state index in [2.05, 4.69) is 10.5 Å². The van der Waals surface area contributed by atoms with E-state index in [0.29, 0.717) is 11.4 Å². The summed E-state index contributed by atoms with van der Waals surface area (Å²) in [4.78, 5) is 16.0. The Labute approximate surface area is 156 Å². The third-order valence-electron chi connectivity index (χ3n) is 3.58. The summed E-state index contributed by atoms with van der Waals surface area (Å²) in [6, 6.07) is 12.0. The van der Waals surface area contributed by atoms with E-state index in [1.54, 1.807) is 13.0 Å². The molecule has 2 aromatic carbocycles. The molecule has 0 bridgehead atoms. The van der Waals surface area contributed by atoms with Crippen molar-refractivity contribution < 1.29 is 14.9 Å². The van der Waals surface area contributed by atoms with E-state index in [1.807, 2.05) is 31.2 Å². The topological polar surface area (TPSA) is 97.0 Å². The molecule has 138 valence electrons. The van der Waals surface area contributed by atoms with Crippen molar-refractivity contribution in [2.24, 2.45) is 5.16 Å². The first kappa shape index (κ1) is 19.7. The summed E-state index contributed by atoms with van der Waals surface area (Å²) in [5, 5.41) is 27.5. The molecule has 0 aliphatic heterocycles. The fraction of sp³-hybridized carbons (Fsp3) is 0.278. The lowest BCUT2D eigenvalue weighted by molar-refractivity contribution is -0.384. The summed E-state index contributed by atoms with van der Waals surface area (Å²) in [6.45, 7) is 3.94. The van der Waals surface area contributed by atoms with E-state index in [-0.39, 0.29) is 23.9 Å². The van der Waals surface area contributed by atoms with Crippen LogP contribution in [0.3, 0.4) is 0 Å². The van der Waals surface area contributed by atoms with Crippen molar-refractivity contribution in [3.8, 4) is 5.75 Å². The van der Waals surface area contributed by atoms with Gasteiger partial charge < -0.3 is 15.3 Å². The van der Waals surface area contributed by atoms with Crippen molar-refractivity contribution in [2.45, 2.75) is 20.0 Å². The smallest absolute Gasteiger partial charge is 0.275 e. The van der Waals surface area contributed by atoms with Gasteiger partial charge in [-0.3, -0.25) is 10.1 Å². The van der Waals surface area contributed by atoms with Gasteiger partial charge in [0.2, 0.25) is 0 Å². The second-order valence-electron chi connectivity index (χ2n) is 5.80. The van der Waals surface area contributed by atoms with Crippen molar-refractivity contribution in [3.63, 3.8) is 0 Å². The SMILES string of the molecule is CC(=NOc1cc(NCC(O)CCl)cc([N+](=O)[O-])c1)c1ccc(C)cc1.